The maximum atomic E-state index is 12.2. The summed E-state index contributed by atoms with van der Waals surface area (Å²) in [7, 11) is 1.94. The van der Waals surface area contributed by atoms with Gasteiger partial charge in [0.05, 0.1) is 17.8 Å². The molecule has 0 aliphatic rings. The normalized spacial score (nSPS) is 10.9. The van der Waals surface area contributed by atoms with E-state index in [1.54, 1.807) is 0 Å². The quantitative estimate of drug-likeness (QED) is 0.632. The van der Waals surface area contributed by atoms with Crippen molar-refractivity contribution in [3.8, 4) is 5.75 Å². The van der Waals surface area contributed by atoms with Crippen LogP contribution in [0.3, 0.4) is 0 Å². The molecule has 0 bridgehead atoms. The summed E-state index contributed by atoms with van der Waals surface area (Å²) in [5, 5.41) is 10.2. The minimum Gasteiger partial charge on any atom is -0.486 e. The molecule has 3 aromatic rings. The third-order valence-electron chi connectivity index (χ3n) is 4.68. The highest BCUT2D eigenvalue weighted by Crippen LogP contribution is 2.16. The lowest BCUT2D eigenvalue weighted by atomic mass is 10.1. The molecule has 0 atom stereocenters. The molecule has 2 aromatic heterocycles. The number of rotatable bonds is 8. The molecule has 1 aromatic carbocycles. The summed E-state index contributed by atoms with van der Waals surface area (Å²) >= 11 is 1.51. The lowest BCUT2D eigenvalue weighted by molar-refractivity contribution is -0.120. The van der Waals surface area contributed by atoms with Crippen molar-refractivity contribution in [2.75, 3.05) is 6.54 Å². The number of aromatic nitrogens is 3. The molecule has 0 aliphatic carbocycles. The molecule has 0 spiro atoms. The molecule has 0 saturated carbocycles. The van der Waals surface area contributed by atoms with Crippen LogP contribution in [0, 0.1) is 20.8 Å². The summed E-state index contributed by atoms with van der Waals surface area (Å²) in [5.41, 5.74) is 5.34. The molecule has 1 amide bonds. The number of benzene rings is 1. The van der Waals surface area contributed by atoms with Crippen molar-refractivity contribution in [1.82, 2.24) is 20.1 Å². The smallest absolute Gasteiger partial charge is 0.226 e. The van der Waals surface area contributed by atoms with Crippen LogP contribution in [0.4, 0.5) is 0 Å². The van der Waals surface area contributed by atoms with Crippen LogP contribution in [0.25, 0.3) is 0 Å². The van der Waals surface area contributed by atoms with Crippen molar-refractivity contribution in [3.05, 3.63) is 62.9 Å². The fourth-order valence-corrected chi connectivity index (χ4v) is 3.71. The van der Waals surface area contributed by atoms with Gasteiger partial charge in [-0.15, -0.1) is 11.3 Å². The fourth-order valence-electron chi connectivity index (χ4n) is 3.01. The number of ether oxygens (including phenoxy) is 1. The van der Waals surface area contributed by atoms with Gasteiger partial charge in [0, 0.05) is 24.7 Å². The third-order valence-corrected chi connectivity index (χ3v) is 5.55. The van der Waals surface area contributed by atoms with E-state index in [-0.39, 0.29) is 12.3 Å². The zero-order valence-corrected chi connectivity index (χ0v) is 17.6. The number of carbonyl (C=O) groups is 1. The Hall–Kier alpha value is -2.67. The molecule has 0 radical (unpaired) electrons. The van der Waals surface area contributed by atoms with Crippen LogP contribution in [0.2, 0.25) is 0 Å². The van der Waals surface area contributed by atoms with Gasteiger partial charge in [-0.25, -0.2) is 4.98 Å². The number of hydrogen-bond donors (Lipinski definition) is 1. The summed E-state index contributed by atoms with van der Waals surface area (Å²) in [5.74, 6) is 0.802. The van der Waals surface area contributed by atoms with Crippen molar-refractivity contribution in [2.24, 2.45) is 7.05 Å². The predicted octanol–water partition coefficient (Wildman–Crippen LogP) is 3.28. The van der Waals surface area contributed by atoms with Crippen LogP contribution in [0.5, 0.6) is 5.75 Å². The minimum atomic E-state index is -0.0181. The van der Waals surface area contributed by atoms with Gasteiger partial charge in [-0.05, 0) is 44.9 Å². The summed E-state index contributed by atoms with van der Waals surface area (Å²) in [6.07, 6.45) is 1.07. The average molecular weight is 399 g/mol. The number of amides is 1. The van der Waals surface area contributed by atoms with E-state index in [1.807, 2.05) is 62.1 Å². The molecule has 0 unspecified atom stereocenters. The number of aryl methyl sites for hydroxylation is 3. The molecule has 0 saturated heterocycles. The van der Waals surface area contributed by atoms with E-state index in [0.717, 1.165) is 34.3 Å². The van der Waals surface area contributed by atoms with E-state index in [9.17, 15) is 4.79 Å². The average Bonchev–Trinajstić information content (AvgIpc) is 3.20. The van der Waals surface area contributed by atoms with Crippen LogP contribution in [-0.2, 0) is 31.3 Å². The zero-order valence-electron chi connectivity index (χ0n) is 16.8. The summed E-state index contributed by atoms with van der Waals surface area (Å²) in [6.45, 7) is 7.10. The van der Waals surface area contributed by atoms with Crippen LogP contribution in [0.15, 0.2) is 29.6 Å². The van der Waals surface area contributed by atoms with Crippen LogP contribution in [-0.4, -0.2) is 27.2 Å². The van der Waals surface area contributed by atoms with E-state index >= 15 is 0 Å². The number of nitrogens with one attached hydrogen (secondary N) is 1. The zero-order chi connectivity index (χ0) is 20.1. The summed E-state index contributed by atoms with van der Waals surface area (Å²) in [4.78, 5) is 16.7. The van der Waals surface area contributed by atoms with E-state index in [2.05, 4.69) is 15.4 Å². The second kappa shape index (κ2) is 9.01. The molecule has 7 heteroatoms. The largest absolute Gasteiger partial charge is 0.486 e. The molecular formula is C21H26N4O2S. The highest BCUT2D eigenvalue weighted by atomic mass is 32.1. The van der Waals surface area contributed by atoms with Gasteiger partial charge in [0.1, 0.15) is 17.4 Å². The first-order valence-electron chi connectivity index (χ1n) is 9.31. The molecule has 6 nitrogen and oxygen atoms in total. The third kappa shape index (κ3) is 5.19. The Labute approximate surface area is 169 Å². The second-order valence-electron chi connectivity index (χ2n) is 6.88. The Bertz CT molecular complexity index is 944. The molecule has 28 heavy (non-hydrogen) atoms. The molecule has 2 heterocycles. The monoisotopic (exact) mass is 398 g/mol. The van der Waals surface area contributed by atoms with Gasteiger partial charge in [0.25, 0.3) is 0 Å². The van der Waals surface area contributed by atoms with E-state index in [4.69, 9.17) is 4.74 Å². The van der Waals surface area contributed by atoms with Crippen molar-refractivity contribution >= 4 is 17.2 Å². The summed E-state index contributed by atoms with van der Waals surface area (Å²) in [6, 6.07) is 7.93. The number of carbonyl (C=O) groups excluding carboxylic acids is 1. The van der Waals surface area contributed by atoms with Crippen molar-refractivity contribution in [1.29, 1.82) is 0 Å². The SMILES string of the molecule is Cc1ccc(OCc2nc(CC(=O)NCCc3c(C)nn(C)c3C)cs2)cc1. The van der Waals surface area contributed by atoms with Crippen molar-refractivity contribution in [2.45, 2.75) is 40.2 Å². The number of thiazole rings is 1. The van der Waals surface area contributed by atoms with Gasteiger partial charge >= 0.3 is 0 Å². The second-order valence-corrected chi connectivity index (χ2v) is 7.83. The van der Waals surface area contributed by atoms with Gasteiger partial charge < -0.3 is 10.1 Å². The van der Waals surface area contributed by atoms with E-state index in [1.165, 1.54) is 22.5 Å². The molecular weight excluding hydrogens is 372 g/mol. The standard InChI is InChI=1S/C21H26N4O2S/c1-14-5-7-18(8-6-14)27-12-21-23-17(13-28-21)11-20(26)22-10-9-19-15(2)24-25(4)16(19)3/h5-8,13H,9-12H2,1-4H3,(H,22,26). The predicted molar refractivity (Wildman–Crippen MR) is 111 cm³/mol. The maximum absolute atomic E-state index is 12.2. The Kier molecular flexibility index (Phi) is 6.46. The van der Waals surface area contributed by atoms with Crippen molar-refractivity contribution in [3.63, 3.8) is 0 Å². The highest BCUT2D eigenvalue weighted by Gasteiger charge is 2.11. The van der Waals surface area contributed by atoms with E-state index < -0.39 is 0 Å². The first-order valence-corrected chi connectivity index (χ1v) is 10.2. The minimum absolute atomic E-state index is 0.0181. The molecule has 0 fully saturated rings. The molecule has 3 rings (SSSR count). The van der Waals surface area contributed by atoms with Gasteiger partial charge in [0.15, 0.2) is 0 Å². The molecule has 0 aliphatic heterocycles. The van der Waals surface area contributed by atoms with Crippen LogP contribution in [0.1, 0.15) is 33.2 Å². The van der Waals surface area contributed by atoms with Gasteiger partial charge in [-0.2, -0.15) is 5.10 Å². The number of hydrogen-bond acceptors (Lipinski definition) is 5. The molecule has 1 N–H and O–H groups in total. The van der Waals surface area contributed by atoms with Crippen LogP contribution >= 0.6 is 11.3 Å². The first-order chi connectivity index (χ1) is 13.4. The first kappa shape index (κ1) is 20.1. The lowest BCUT2D eigenvalue weighted by Crippen LogP contribution is -2.27. The fraction of sp³-hybridized carbons (Fsp3) is 0.381. The topological polar surface area (TPSA) is 69.0 Å². The van der Waals surface area contributed by atoms with Gasteiger partial charge in [0.2, 0.25) is 5.91 Å². The Morgan fingerprint density at radius 2 is 1.96 bits per heavy atom. The highest BCUT2D eigenvalue weighted by molar-refractivity contribution is 7.09. The van der Waals surface area contributed by atoms with Gasteiger partial charge in [-0.1, -0.05) is 17.7 Å². The lowest BCUT2D eigenvalue weighted by Gasteiger charge is -2.05. The maximum Gasteiger partial charge on any atom is 0.226 e. The van der Waals surface area contributed by atoms with Gasteiger partial charge in [-0.3, -0.25) is 9.48 Å². The number of nitrogens with zero attached hydrogens (tertiary/aromatic N) is 3. The van der Waals surface area contributed by atoms with Crippen molar-refractivity contribution < 1.29 is 9.53 Å². The van der Waals surface area contributed by atoms with E-state index in [0.29, 0.717) is 13.2 Å². The molecule has 148 valence electrons. The Morgan fingerprint density at radius 3 is 2.64 bits per heavy atom. The Morgan fingerprint density at radius 1 is 1.21 bits per heavy atom. The summed E-state index contributed by atoms with van der Waals surface area (Å²) < 4.78 is 7.62. The Balaban J connectivity index is 1.44. The van der Waals surface area contributed by atoms with Crippen LogP contribution < -0.4 is 10.1 Å².